The summed E-state index contributed by atoms with van der Waals surface area (Å²) in [6, 6.07) is 18.6. The van der Waals surface area contributed by atoms with Crippen molar-refractivity contribution in [2.75, 3.05) is 33.2 Å². The van der Waals surface area contributed by atoms with Gasteiger partial charge in [-0.25, -0.2) is 4.98 Å². The molecule has 1 aliphatic rings. The fourth-order valence-corrected chi connectivity index (χ4v) is 5.06. The fraction of sp³-hybridized carbons (Fsp3) is 0.400. The fourth-order valence-electron chi connectivity index (χ4n) is 4.05. The van der Waals surface area contributed by atoms with Crippen LogP contribution in [0.15, 0.2) is 59.6 Å². The molecule has 0 saturated carbocycles. The summed E-state index contributed by atoms with van der Waals surface area (Å²) in [7, 11) is 1.79. The normalized spacial score (nSPS) is 16.7. The molecule has 0 bridgehead atoms. The van der Waals surface area contributed by atoms with Crippen molar-refractivity contribution >= 4 is 33.4 Å². The number of hydrogen-bond donors (Lipinski definition) is 2. The quantitative estimate of drug-likeness (QED) is 0.298. The number of carbonyl (C=O) groups is 1. The summed E-state index contributed by atoms with van der Waals surface area (Å²) < 4.78 is 1.25. The molecular weight excluding hydrogens is 418 g/mol. The second-order valence-electron chi connectivity index (χ2n) is 8.20. The average Bonchev–Trinajstić information content (AvgIpc) is 3.40. The topological polar surface area (TPSA) is 69.6 Å². The van der Waals surface area contributed by atoms with Crippen LogP contribution in [0, 0.1) is 5.92 Å². The maximum Gasteiger partial charge on any atom is 0.223 e. The van der Waals surface area contributed by atoms with Crippen molar-refractivity contribution in [2.24, 2.45) is 10.9 Å². The molecule has 1 fully saturated rings. The third-order valence-electron chi connectivity index (χ3n) is 5.79. The van der Waals surface area contributed by atoms with E-state index in [1.807, 2.05) is 29.2 Å². The first-order valence-electron chi connectivity index (χ1n) is 11.3. The molecule has 2 heterocycles. The molecule has 1 amide bonds. The highest BCUT2D eigenvalue weighted by molar-refractivity contribution is 7.18. The number of aliphatic imine (C=N–C) groups is 1. The van der Waals surface area contributed by atoms with E-state index in [1.54, 1.807) is 18.4 Å². The minimum atomic E-state index is 0.256. The van der Waals surface area contributed by atoms with Crippen LogP contribution in [0.3, 0.4) is 0 Å². The number of carbonyl (C=O) groups excluding carboxylic acids is 1. The Hall–Kier alpha value is -2.93. The number of para-hydroxylation sites is 1. The lowest BCUT2D eigenvalue weighted by atomic mass is 10.1. The zero-order chi connectivity index (χ0) is 22.2. The number of likely N-dealkylation sites (tertiary alicyclic amines) is 1. The molecule has 1 aromatic heterocycles. The van der Waals surface area contributed by atoms with Crippen molar-refractivity contribution in [3.8, 4) is 0 Å². The molecule has 2 N–H and O–H groups in total. The monoisotopic (exact) mass is 449 g/mol. The molecular formula is C25H31N5OS. The first kappa shape index (κ1) is 22.3. The van der Waals surface area contributed by atoms with Crippen LogP contribution in [0.4, 0.5) is 0 Å². The van der Waals surface area contributed by atoms with Gasteiger partial charge in [0.15, 0.2) is 5.96 Å². The van der Waals surface area contributed by atoms with Gasteiger partial charge in [-0.05, 0) is 30.5 Å². The van der Waals surface area contributed by atoms with Crippen molar-refractivity contribution in [2.45, 2.75) is 25.7 Å². The Morgan fingerprint density at radius 2 is 1.94 bits per heavy atom. The maximum atomic E-state index is 12.4. The standard InChI is InChI=1S/C25H31N5OS/c1-26-25(27-14-7-12-23-29-21-10-5-6-11-22(21)32-23)28-17-20-16-24(31)30(18-20)15-13-19-8-3-2-4-9-19/h2-6,8-11,20H,7,12-18H2,1H3,(H2,26,27,28). The molecule has 1 saturated heterocycles. The summed E-state index contributed by atoms with van der Waals surface area (Å²) >= 11 is 1.77. The molecule has 6 nitrogen and oxygen atoms in total. The van der Waals surface area contributed by atoms with Gasteiger partial charge in [0.1, 0.15) is 0 Å². The van der Waals surface area contributed by atoms with Crippen molar-refractivity contribution in [3.63, 3.8) is 0 Å². The van der Waals surface area contributed by atoms with E-state index in [4.69, 9.17) is 4.98 Å². The molecule has 2 aromatic carbocycles. The number of amides is 1. The van der Waals surface area contributed by atoms with Crippen LogP contribution < -0.4 is 10.6 Å². The summed E-state index contributed by atoms with van der Waals surface area (Å²) in [6.07, 6.45) is 3.47. The van der Waals surface area contributed by atoms with Gasteiger partial charge in [-0.3, -0.25) is 9.79 Å². The third-order valence-corrected chi connectivity index (χ3v) is 6.88. The Morgan fingerprint density at radius 1 is 1.12 bits per heavy atom. The molecule has 7 heteroatoms. The molecule has 4 rings (SSSR count). The number of aryl methyl sites for hydroxylation is 1. The van der Waals surface area contributed by atoms with E-state index in [0.717, 1.165) is 56.9 Å². The van der Waals surface area contributed by atoms with E-state index in [9.17, 15) is 4.79 Å². The van der Waals surface area contributed by atoms with Gasteiger partial charge in [0.2, 0.25) is 5.91 Å². The maximum absolute atomic E-state index is 12.4. The predicted molar refractivity (Wildman–Crippen MR) is 132 cm³/mol. The average molecular weight is 450 g/mol. The Morgan fingerprint density at radius 3 is 2.75 bits per heavy atom. The van der Waals surface area contributed by atoms with Crippen LogP contribution in [0.25, 0.3) is 10.2 Å². The Bertz CT molecular complexity index is 1020. The Balaban J connectivity index is 1.14. The van der Waals surface area contributed by atoms with Crippen LogP contribution in [0.2, 0.25) is 0 Å². The number of fused-ring (bicyclic) bond motifs is 1. The molecule has 0 aliphatic carbocycles. The van der Waals surface area contributed by atoms with Gasteiger partial charge in [0, 0.05) is 52.0 Å². The minimum Gasteiger partial charge on any atom is -0.356 e. The molecule has 1 atom stereocenters. The predicted octanol–water partition coefficient (Wildman–Crippen LogP) is 3.49. The minimum absolute atomic E-state index is 0.256. The van der Waals surface area contributed by atoms with Crippen LogP contribution >= 0.6 is 11.3 Å². The zero-order valence-electron chi connectivity index (χ0n) is 18.6. The van der Waals surface area contributed by atoms with E-state index in [-0.39, 0.29) is 5.91 Å². The zero-order valence-corrected chi connectivity index (χ0v) is 19.4. The summed E-state index contributed by atoms with van der Waals surface area (Å²) in [6.45, 7) is 3.19. The van der Waals surface area contributed by atoms with E-state index >= 15 is 0 Å². The highest BCUT2D eigenvalue weighted by atomic mass is 32.1. The largest absolute Gasteiger partial charge is 0.356 e. The van der Waals surface area contributed by atoms with Gasteiger partial charge >= 0.3 is 0 Å². The number of benzene rings is 2. The number of thiazole rings is 1. The second-order valence-corrected chi connectivity index (χ2v) is 9.32. The first-order valence-corrected chi connectivity index (χ1v) is 12.1. The van der Waals surface area contributed by atoms with Crippen molar-refractivity contribution in [3.05, 3.63) is 65.2 Å². The SMILES string of the molecule is CN=C(NCCCc1nc2ccccc2s1)NCC1CC(=O)N(CCc2ccccc2)C1. The van der Waals surface area contributed by atoms with Crippen LogP contribution in [-0.4, -0.2) is 55.0 Å². The van der Waals surface area contributed by atoms with E-state index < -0.39 is 0 Å². The lowest BCUT2D eigenvalue weighted by molar-refractivity contribution is -0.127. The van der Waals surface area contributed by atoms with Crippen LogP contribution in [-0.2, 0) is 17.6 Å². The summed E-state index contributed by atoms with van der Waals surface area (Å²) in [5.74, 6) is 1.37. The molecule has 1 unspecified atom stereocenters. The van der Waals surface area contributed by atoms with Crippen molar-refractivity contribution in [1.82, 2.24) is 20.5 Å². The summed E-state index contributed by atoms with van der Waals surface area (Å²) in [4.78, 5) is 23.4. The number of hydrogen-bond acceptors (Lipinski definition) is 4. The highest BCUT2D eigenvalue weighted by Gasteiger charge is 2.29. The van der Waals surface area contributed by atoms with Gasteiger partial charge in [-0.1, -0.05) is 42.5 Å². The molecule has 3 aromatic rings. The molecule has 0 radical (unpaired) electrons. The van der Waals surface area contributed by atoms with Crippen molar-refractivity contribution in [1.29, 1.82) is 0 Å². The van der Waals surface area contributed by atoms with E-state index in [2.05, 4.69) is 46.0 Å². The lowest BCUT2D eigenvalue weighted by Crippen LogP contribution is -2.40. The first-order chi connectivity index (χ1) is 15.7. The van der Waals surface area contributed by atoms with E-state index in [1.165, 1.54) is 15.3 Å². The molecule has 32 heavy (non-hydrogen) atoms. The third kappa shape index (κ3) is 6.07. The Kier molecular flexibility index (Phi) is 7.72. The van der Waals surface area contributed by atoms with E-state index in [0.29, 0.717) is 12.3 Å². The summed E-state index contributed by atoms with van der Waals surface area (Å²) in [5.41, 5.74) is 2.36. The number of guanidine groups is 1. The lowest BCUT2D eigenvalue weighted by Gasteiger charge is -2.18. The van der Waals surface area contributed by atoms with Gasteiger partial charge in [-0.2, -0.15) is 0 Å². The van der Waals surface area contributed by atoms with Crippen LogP contribution in [0.5, 0.6) is 0 Å². The molecule has 168 valence electrons. The number of rotatable bonds is 9. The Labute approximate surface area is 193 Å². The molecule has 0 spiro atoms. The van der Waals surface area contributed by atoms with Gasteiger partial charge in [0.25, 0.3) is 0 Å². The van der Waals surface area contributed by atoms with Gasteiger partial charge < -0.3 is 15.5 Å². The smallest absolute Gasteiger partial charge is 0.223 e. The number of aromatic nitrogens is 1. The number of nitrogens with zero attached hydrogens (tertiary/aromatic N) is 3. The molecule has 1 aliphatic heterocycles. The summed E-state index contributed by atoms with van der Waals surface area (Å²) in [5, 5.41) is 7.95. The van der Waals surface area contributed by atoms with Crippen molar-refractivity contribution < 1.29 is 4.79 Å². The van der Waals surface area contributed by atoms with Crippen LogP contribution in [0.1, 0.15) is 23.4 Å². The van der Waals surface area contributed by atoms with Gasteiger partial charge in [-0.15, -0.1) is 11.3 Å². The number of nitrogens with one attached hydrogen (secondary N) is 2. The van der Waals surface area contributed by atoms with Gasteiger partial charge in [0.05, 0.1) is 15.2 Å². The highest BCUT2D eigenvalue weighted by Crippen LogP contribution is 2.22. The second kappa shape index (κ2) is 11.1.